The fourth-order valence-corrected chi connectivity index (χ4v) is 2.89. The van der Waals surface area contributed by atoms with Gasteiger partial charge in [-0.3, -0.25) is 0 Å². The van der Waals surface area contributed by atoms with Crippen LogP contribution in [0.4, 0.5) is 13.2 Å². The van der Waals surface area contributed by atoms with Gasteiger partial charge in [0, 0.05) is 6.54 Å². The maximum Gasteiger partial charge on any atom is 0.416 e. The normalized spacial score (nSPS) is 26.7. The molecule has 2 rings (SSSR count). The highest BCUT2D eigenvalue weighted by atomic mass is 19.4. The number of halogens is 3. The molecule has 1 aliphatic rings. The molecule has 3 unspecified atom stereocenters. The van der Waals surface area contributed by atoms with Gasteiger partial charge >= 0.3 is 6.18 Å². The molecule has 0 heterocycles. The molecule has 21 heavy (non-hydrogen) atoms. The molecule has 0 spiro atoms. The molecule has 0 bridgehead atoms. The summed E-state index contributed by atoms with van der Waals surface area (Å²) in [7, 11) is 0. The van der Waals surface area contributed by atoms with Gasteiger partial charge in [-0.1, -0.05) is 13.8 Å². The van der Waals surface area contributed by atoms with Crippen molar-refractivity contribution in [2.75, 3.05) is 0 Å². The zero-order valence-electron chi connectivity index (χ0n) is 12.4. The van der Waals surface area contributed by atoms with Crippen molar-refractivity contribution in [2.45, 2.75) is 51.9 Å². The molecule has 0 saturated heterocycles. The van der Waals surface area contributed by atoms with E-state index in [-0.39, 0.29) is 18.2 Å². The third-order valence-corrected chi connectivity index (χ3v) is 4.45. The highest BCUT2D eigenvalue weighted by Gasteiger charge is 2.33. The minimum atomic E-state index is -4.37. The largest absolute Gasteiger partial charge is 0.490 e. The van der Waals surface area contributed by atoms with Gasteiger partial charge in [0.2, 0.25) is 0 Å². The molecular formula is C16H22F3NO. The lowest BCUT2D eigenvalue weighted by Gasteiger charge is -2.32. The molecule has 0 amide bonds. The van der Waals surface area contributed by atoms with Crippen LogP contribution in [0.5, 0.6) is 5.75 Å². The van der Waals surface area contributed by atoms with E-state index in [2.05, 4.69) is 13.8 Å². The van der Waals surface area contributed by atoms with E-state index in [0.717, 1.165) is 25.3 Å². The number of rotatable bonds is 3. The van der Waals surface area contributed by atoms with Gasteiger partial charge in [-0.25, -0.2) is 0 Å². The van der Waals surface area contributed by atoms with Crippen LogP contribution in [0.15, 0.2) is 18.2 Å². The second-order valence-corrected chi connectivity index (χ2v) is 6.03. The minimum Gasteiger partial charge on any atom is -0.490 e. The van der Waals surface area contributed by atoms with Crippen molar-refractivity contribution in [3.05, 3.63) is 29.3 Å². The molecule has 1 aromatic carbocycles. The average molecular weight is 301 g/mol. The van der Waals surface area contributed by atoms with Crippen molar-refractivity contribution in [2.24, 2.45) is 17.6 Å². The van der Waals surface area contributed by atoms with Gasteiger partial charge in [0.1, 0.15) is 5.75 Å². The molecule has 1 fully saturated rings. The molecule has 0 radical (unpaired) electrons. The molecule has 5 heteroatoms. The van der Waals surface area contributed by atoms with Gasteiger partial charge in [0.25, 0.3) is 0 Å². The second kappa shape index (κ2) is 6.26. The Labute approximate surface area is 123 Å². The fraction of sp³-hybridized carbons (Fsp3) is 0.625. The summed E-state index contributed by atoms with van der Waals surface area (Å²) in [6.45, 7) is 4.27. The zero-order chi connectivity index (χ0) is 15.6. The van der Waals surface area contributed by atoms with Crippen LogP contribution in [0.1, 0.15) is 44.2 Å². The second-order valence-electron chi connectivity index (χ2n) is 6.03. The average Bonchev–Trinajstić information content (AvgIpc) is 2.41. The predicted molar refractivity (Wildman–Crippen MR) is 75.9 cm³/mol. The zero-order valence-corrected chi connectivity index (χ0v) is 12.4. The van der Waals surface area contributed by atoms with Crippen LogP contribution in [0.2, 0.25) is 0 Å². The Morgan fingerprint density at radius 3 is 2.48 bits per heavy atom. The van der Waals surface area contributed by atoms with Crippen LogP contribution in [0, 0.1) is 11.8 Å². The van der Waals surface area contributed by atoms with E-state index in [4.69, 9.17) is 10.5 Å². The monoisotopic (exact) mass is 301 g/mol. The van der Waals surface area contributed by atoms with Crippen molar-refractivity contribution in [3.63, 3.8) is 0 Å². The molecule has 3 atom stereocenters. The van der Waals surface area contributed by atoms with Gasteiger partial charge in [0.05, 0.1) is 11.7 Å². The van der Waals surface area contributed by atoms with E-state index in [9.17, 15) is 13.2 Å². The first-order chi connectivity index (χ1) is 9.81. The molecule has 0 aromatic heterocycles. The molecule has 1 aliphatic carbocycles. The van der Waals surface area contributed by atoms with Gasteiger partial charge in [0.15, 0.2) is 0 Å². The van der Waals surface area contributed by atoms with E-state index >= 15 is 0 Å². The summed E-state index contributed by atoms with van der Waals surface area (Å²) in [5.41, 5.74) is 4.84. The van der Waals surface area contributed by atoms with Gasteiger partial charge in [-0.15, -0.1) is 0 Å². The maximum atomic E-state index is 12.8. The number of hydrogen-bond acceptors (Lipinski definition) is 2. The van der Waals surface area contributed by atoms with Gasteiger partial charge < -0.3 is 10.5 Å². The maximum absolute atomic E-state index is 12.8. The van der Waals surface area contributed by atoms with Crippen LogP contribution in [-0.2, 0) is 12.7 Å². The van der Waals surface area contributed by atoms with Gasteiger partial charge in [-0.2, -0.15) is 13.2 Å². The summed E-state index contributed by atoms with van der Waals surface area (Å²) in [4.78, 5) is 0. The number of ether oxygens (including phenoxy) is 1. The molecular weight excluding hydrogens is 279 g/mol. The van der Waals surface area contributed by atoms with Crippen LogP contribution < -0.4 is 10.5 Å². The Bertz CT molecular complexity index is 487. The Hall–Kier alpha value is -1.23. The topological polar surface area (TPSA) is 35.2 Å². The smallest absolute Gasteiger partial charge is 0.416 e. The van der Waals surface area contributed by atoms with Crippen molar-refractivity contribution >= 4 is 0 Å². The van der Waals surface area contributed by atoms with Crippen LogP contribution in [-0.4, -0.2) is 6.10 Å². The standard InChI is InChI=1S/C16H22F3NO/c1-10-3-4-13(7-11(10)2)21-14-5-6-15(16(17,18)19)12(8-14)9-20/h5-6,8,10-11,13H,3-4,7,9,20H2,1-2H3. The highest BCUT2D eigenvalue weighted by molar-refractivity contribution is 5.37. The lowest BCUT2D eigenvalue weighted by molar-refractivity contribution is -0.138. The number of nitrogens with two attached hydrogens (primary N) is 1. The lowest BCUT2D eigenvalue weighted by Crippen LogP contribution is -2.28. The van der Waals surface area contributed by atoms with Crippen LogP contribution in [0.3, 0.4) is 0 Å². The Kier molecular flexibility index (Phi) is 4.81. The van der Waals surface area contributed by atoms with E-state index in [0.29, 0.717) is 17.6 Å². The van der Waals surface area contributed by atoms with Gasteiger partial charge in [-0.05, 0) is 54.9 Å². The van der Waals surface area contributed by atoms with Crippen molar-refractivity contribution in [3.8, 4) is 5.75 Å². The Morgan fingerprint density at radius 2 is 1.90 bits per heavy atom. The Morgan fingerprint density at radius 1 is 1.19 bits per heavy atom. The first-order valence-electron chi connectivity index (χ1n) is 7.38. The molecule has 1 aromatic rings. The SMILES string of the molecule is CC1CCC(Oc2ccc(C(F)(F)F)c(CN)c2)CC1C. The molecule has 0 aliphatic heterocycles. The van der Waals surface area contributed by atoms with E-state index in [1.165, 1.54) is 12.1 Å². The summed E-state index contributed by atoms with van der Waals surface area (Å²) >= 11 is 0. The van der Waals surface area contributed by atoms with E-state index in [1.54, 1.807) is 0 Å². The quantitative estimate of drug-likeness (QED) is 0.900. The highest BCUT2D eigenvalue weighted by Crippen LogP contribution is 2.35. The molecule has 2 N–H and O–H groups in total. The van der Waals surface area contributed by atoms with E-state index < -0.39 is 11.7 Å². The van der Waals surface area contributed by atoms with Crippen LogP contribution >= 0.6 is 0 Å². The summed E-state index contributed by atoms with van der Waals surface area (Å²) < 4.78 is 44.3. The predicted octanol–water partition coefficient (Wildman–Crippen LogP) is 4.37. The van der Waals surface area contributed by atoms with E-state index in [1.807, 2.05) is 0 Å². The summed E-state index contributed by atoms with van der Waals surface area (Å²) in [5.74, 6) is 1.74. The summed E-state index contributed by atoms with van der Waals surface area (Å²) in [6.07, 6.45) is -1.30. The lowest BCUT2D eigenvalue weighted by atomic mass is 9.80. The molecule has 118 valence electrons. The van der Waals surface area contributed by atoms with Crippen molar-refractivity contribution in [1.29, 1.82) is 0 Å². The van der Waals surface area contributed by atoms with Crippen molar-refractivity contribution < 1.29 is 17.9 Å². The third kappa shape index (κ3) is 3.90. The minimum absolute atomic E-state index is 0.0808. The number of hydrogen-bond donors (Lipinski definition) is 1. The number of benzene rings is 1. The van der Waals surface area contributed by atoms with Crippen LogP contribution in [0.25, 0.3) is 0 Å². The Balaban J connectivity index is 2.11. The molecule has 1 saturated carbocycles. The first-order valence-corrected chi connectivity index (χ1v) is 7.38. The first kappa shape index (κ1) is 16.1. The number of alkyl halides is 3. The summed E-state index contributed by atoms with van der Waals surface area (Å²) in [5, 5.41) is 0. The fourth-order valence-electron chi connectivity index (χ4n) is 2.89. The third-order valence-electron chi connectivity index (χ3n) is 4.45. The van der Waals surface area contributed by atoms with Crippen molar-refractivity contribution in [1.82, 2.24) is 0 Å². The molecule has 2 nitrogen and oxygen atoms in total. The summed E-state index contributed by atoms with van der Waals surface area (Å²) in [6, 6.07) is 3.88.